The summed E-state index contributed by atoms with van der Waals surface area (Å²) >= 11 is 0. The fourth-order valence-corrected chi connectivity index (χ4v) is 3.27. The average molecular weight is 277 g/mol. The highest BCUT2D eigenvalue weighted by molar-refractivity contribution is 5.48. The number of hydrogen-bond donors (Lipinski definition) is 1. The molecule has 2 aliphatic rings. The van der Waals surface area contributed by atoms with E-state index in [1.807, 2.05) is 12.1 Å². The van der Waals surface area contributed by atoms with Crippen LogP contribution in [0.5, 0.6) is 11.5 Å². The molecule has 3 rings (SSSR count). The fourth-order valence-electron chi connectivity index (χ4n) is 3.27. The lowest BCUT2D eigenvalue weighted by Crippen LogP contribution is -2.34. The van der Waals surface area contributed by atoms with Crippen LogP contribution in [-0.2, 0) is 6.54 Å². The smallest absolute Gasteiger partial charge is 0.231 e. The summed E-state index contributed by atoms with van der Waals surface area (Å²) in [5.41, 5.74) is 1.16. The molecule has 1 heterocycles. The number of ether oxygens (including phenoxy) is 2. The normalized spacial score (nSPS) is 25.1. The third-order valence-electron chi connectivity index (χ3n) is 4.33. The van der Waals surface area contributed by atoms with Gasteiger partial charge in [-0.05, 0) is 31.9 Å². The molecule has 4 nitrogen and oxygen atoms in total. The molecule has 1 fully saturated rings. The van der Waals surface area contributed by atoms with Crippen LogP contribution in [0.1, 0.15) is 31.2 Å². The molecule has 1 saturated carbocycles. The second-order valence-electron chi connectivity index (χ2n) is 5.96. The Balaban J connectivity index is 1.61. The Morgan fingerprint density at radius 2 is 2.10 bits per heavy atom. The maximum atomic E-state index is 10.1. The highest BCUT2D eigenvalue weighted by Gasteiger charge is 2.25. The first-order valence-corrected chi connectivity index (χ1v) is 7.48. The average Bonchev–Trinajstić information content (AvgIpc) is 2.91. The van der Waals surface area contributed by atoms with Crippen molar-refractivity contribution in [2.45, 2.75) is 38.3 Å². The van der Waals surface area contributed by atoms with Crippen LogP contribution in [0, 0.1) is 5.92 Å². The first-order valence-electron chi connectivity index (χ1n) is 7.48. The van der Waals surface area contributed by atoms with Crippen molar-refractivity contribution >= 4 is 0 Å². The molecule has 0 radical (unpaired) electrons. The van der Waals surface area contributed by atoms with E-state index in [0.29, 0.717) is 12.7 Å². The summed E-state index contributed by atoms with van der Waals surface area (Å²) < 4.78 is 11.0. The molecule has 0 spiro atoms. The van der Waals surface area contributed by atoms with Gasteiger partial charge in [-0.25, -0.2) is 0 Å². The van der Waals surface area contributed by atoms with Gasteiger partial charge in [-0.2, -0.15) is 0 Å². The Morgan fingerprint density at radius 3 is 2.95 bits per heavy atom. The summed E-state index contributed by atoms with van der Waals surface area (Å²) in [4.78, 5) is 2.27. The molecular weight excluding hydrogens is 254 g/mol. The Hall–Kier alpha value is -1.26. The van der Waals surface area contributed by atoms with Crippen molar-refractivity contribution in [3.63, 3.8) is 0 Å². The summed E-state index contributed by atoms with van der Waals surface area (Å²) in [6.07, 6.45) is 4.37. The van der Waals surface area contributed by atoms with Gasteiger partial charge in [0.1, 0.15) is 0 Å². The van der Waals surface area contributed by atoms with E-state index >= 15 is 0 Å². The molecule has 1 N–H and O–H groups in total. The molecule has 1 aliphatic heterocycles. The number of hydrogen-bond acceptors (Lipinski definition) is 4. The van der Waals surface area contributed by atoms with E-state index in [0.717, 1.165) is 43.0 Å². The molecule has 20 heavy (non-hydrogen) atoms. The van der Waals surface area contributed by atoms with E-state index in [-0.39, 0.29) is 6.10 Å². The summed E-state index contributed by atoms with van der Waals surface area (Å²) in [7, 11) is 2.11. The van der Waals surface area contributed by atoms with Gasteiger partial charge in [0.2, 0.25) is 6.79 Å². The van der Waals surface area contributed by atoms with Crippen LogP contribution in [0.4, 0.5) is 0 Å². The molecule has 0 aromatic heterocycles. The van der Waals surface area contributed by atoms with Gasteiger partial charge in [0.25, 0.3) is 0 Å². The molecule has 2 unspecified atom stereocenters. The number of nitrogens with zero attached hydrogens (tertiary/aromatic N) is 1. The van der Waals surface area contributed by atoms with Gasteiger partial charge in [0, 0.05) is 18.7 Å². The highest BCUT2D eigenvalue weighted by atomic mass is 16.7. The Kier molecular flexibility index (Phi) is 4.13. The van der Waals surface area contributed by atoms with Crippen molar-refractivity contribution in [3.05, 3.63) is 23.8 Å². The minimum atomic E-state index is -0.132. The molecule has 0 saturated heterocycles. The lowest BCUT2D eigenvalue weighted by Gasteiger charge is -2.31. The Labute approximate surface area is 120 Å². The zero-order valence-electron chi connectivity index (χ0n) is 12.0. The molecule has 0 bridgehead atoms. The molecule has 2 atom stereocenters. The van der Waals surface area contributed by atoms with Crippen LogP contribution < -0.4 is 9.47 Å². The number of para-hydroxylation sites is 1. The first-order chi connectivity index (χ1) is 9.74. The maximum absolute atomic E-state index is 10.1. The van der Waals surface area contributed by atoms with Crippen LogP contribution in [0.25, 0.3) is 0 Å². The summed E-state index contributed by atoms with van der Waals surface area (Å²) in [6.45, 7) is 2.08. The quantitative estimate of drug-likeness (QED) is 0.917. The van der Waals surface area contributed by atoms with E-state index in [1.165, 1.54) is 12.8 Å². The van der Waals surface area contributed by atoms with E-state index in [9.17, 15) is 5.11 Å². The van der Waals surface area contributed by atoms with Gasteiger partial charge in [-0.1, -0.05) is 25.0 Å². The molecular formula is C16H23NO3. The summed E-state index contributed by atoms with van der Waals surface area (Å²) in [6, 6.07) is 6.03. The monoisotopic (exact) mass is 277 g/mol. The van der Waals surface area contributed by atoms with Gasteiger partial charge in [-0.3, -0.25) is 0 Å². The van der Waals surface area contributed by atoms with Gasteiger partial charge in [0.15, 0.2) is 11.5 Å². The number of fused-ring (bicyclic) bond motifs is 1. The standard InChI is InChI=1S/C16H23NO3/c1-17(9-12-5-2-3-7-14(12)18)10-13-6-4-8-15-16(13)20-11-19-15/h4,6,8,12,14,18H,2-3,5,7,9-11H2,1H3. The van der Waals surface area contributed by atoms with Gasteiger partial charge in [0.05, 0.1) is 6.10 Å². The van der Waals surface area contributed by atoms with E-state index in [2.05, 4.69) is 18.0 Å². The molecule has 1 aromatic rings. The first kappa shape index (κ1) is 13.7. The van der Waals surface area contributed by atoms with Gasteiger partial charge < -0.3 is 19.5 Å². The van der Waals surface area contributed by atoms with E-state index in [1.54, 1.807) is 0 Å². The third-order valence-corrected chi connectivity index (χ3v) is 4.33. The lowest BCUT2D eigenvalue weighted by atomic mass is 9.86. The predicted octanol–water partition coefficient (Wildman–Crippen LogP) is 2.40. The van der Waals surface area contributed by atoms with Crippen molar-refractivity contribution in [1.29, 1.82) is 0 Å². The number of aliphatic hydroxyl groups is 1. The fraction of sp³-hybridized carbons (Fsp3) is 0.625. The van der Waals surface area contributed by atoms with Crippen molar-refractivity contribution < 1.29 is 14.6 Å². The molecule has 0 amide bonds. The van der Waals surface area contributed by atoms with E-state index < -0.39 is 0 Å². The topological polar surface area (TPSA) is 41.9 Å². The summed E-state index contributed by atoms with van der Waals surface area (Å²) in [5, 5.41) is 10.1. The van der Waals surface area contributed by atoms with Crippen molar-refractivity contribution in [2.75, 3.05) is 20.4 Å². The van der Waals surface area contributed by atoms with Gasteiger partial charge in [-0.15, -0.1) is 0 Å². The van der Waals surface area contributed by atoms with Crippen molar-refractivity contribution in [3.8, 4) is 11.5 Å². The number of aliphatic hydroxyl groups excluding tert-OH is 1. The van der Waals surface area contributed by atoms with Crippen LogP contribution in [0.3, 0.4) is 0 Å². The molecule has 1 aliphatic carbocycles. The molecule has 1 aromatic carbocycles. The lowest BCUT2D eigenvalue weighted by molar-refractivity contribution is 0.0500. The van der Waals surface area contributed by atoms with E-state index in [4.69, 9.17) is 9.47 Å². The highest BCUT2D eigenvalue weighted by Crippen LogP contribution is 2.36. The minimum absolute atomic E-state index is 0.132. The van der Waals surface area contributed by atoms with Crippen molar-refractivity contribution in [2.24, 2.45) is 5.92 Å². The predicted molar refractivity (Wildman–Crippen MR) is 76.9 cm³/mol. The second-order valence-corrected chi connectivity index (χ2v) is 5.96. The van der Waals surface area contributed by atoms with Crippen LogP contribution >= 0.6 is 0 Å². The minimum Gasteiger partial charge on any atom is -0.454 e. The second kappa shape index (κ2) is 6.02. The third kappa shape index (κ3) is 2.91. The molecule has 4 heteroatoms. The Bertz CT molecular complexity index is 463. The summed E-state index contributed by atoms with van der Waals surface area (Å²) in [5.74, 6) is 2.12. The largest absolute Gasteiger partial charge is 0.454 e. The zero-order valence-corrected chi connectivity index (χ0v) is 12.0. The Morgan fingerprint density at radius 1 is 1.25 bits per heavy atom. The molecule has 110 valence electrons. The van der Waals surface area contributed by atoms with Crippen LogP contribution in [0.15, 0.2) is 18.2 Å². The zero-order chi connectivity index (χ0) is 13.9. The maximum Gasteiger partial charge on any atom is 0.231 e. The number of benzene rings is 1. The van der Waals surface area contributed by atoms with Crippen molar-refractivity contribution in [1.82, 2.24) is 4.90 Å². The van der Waals surface area contributed by atoms with Crippen LogP contribution in [-0.4, -0.2) is 36.5 Å². The van der Waals surface area contributed by atoms with Gasteiger partial charge >= 0.3 is 0 Å². The van der Waals surface area contributed by atoms with Crippen LogP contribution in [0.2, 0.25) is 0 Å². The number of rotatable bonds is 4. The SMILES string of the molecule is CN(Cc1cccc2c1OCO2)CC1CCCCC1O.